The van der Waals surface area contributed by atoms with Crippen LogP contribution in [0.2, 0.25) is 0 Å². The number of carbonyl (C=O) groups excluding carboxylic acids is 1. The summed E-state index contributed by atoms with van der Waals surface area (Å²) in [6.45, 7) is 4.56. The summed E-state index contributed by atoms with van der Waals surface area (Å²) in [6, 6.07) is 5.76. The van der Waals surface area contributed by atoms with Gasteiger partial charge in [-0.25, -0.2) is 18.4 Å². The first-order chi connectivity index (χ1) is 8.40. The maximum absolute atomic E-state index is 11.7. The van der Waals surface area contributed by atoms with Crippen LogP contribution in [0.1, 0.15) is 13.8 Å². The summed E-state index contributed by atoms with van der Waals surface area (Å²) in [4.78, 5) is 12.9. The highest BCUT2D eigenvalue weighted by Gasteiger charge is 2.19. The smallest absolute Gasteiger partial charge is 0.409 e. The van der Waals surface area contributed by atoms with Crippen molar-refractivity contribution < 1.29 is 17.9 Å². The number of nitrogens with zero attached hydrogens (tertiary/aromatic N) is 1. The molecule has 2 N–H and O–H groups in total. The second-order valence-electron chi connectivity index (χ2n) is 3.53. The van der Waals surface area contributed by atoms with Crippen LogP contribution in [-0.4, -0.2) is 32.5 Å². The molecule has 1 rings (SSSR count). The lowest BCUT2D eigenvalue weighted by molar-refractivity contribution is 0.156. The van der Waals surface area contributed by atoms with E-state index in [1.54, 1.807) is 19.9 Å². The molecule has 0 unspecified atom stereocenters. The fraction of sp³-hybridized carbons (Fsp3) is 0.364. The van der Waals surface area contributed by atoms with Crippen molar-refractivity contribution in [1.29, 1.82) is 0 Å². The van der Waals surface area contributed by atoms with Crippen LogP contribution >= 0.6 is 0 Å². The second-order valence-corrected chi connectivity index (χ2v) is 5.06. The number of amides is 1. The van der Waals surface area contributed by atoms with E-state index in [1.807, 2.05) is 0 Å². The normalized spacial score (nSPS) is 11.1. The molecular weight excluding hydrogens is 256 g/mol. The van der Waals surface area contributed by atoms with Crippen molar-refractivity contribution in [2.24, 2.45) is 5.14 Å². The molecule has 0 radical (unpaired) electrons. The van der Waals surface area contributed by atoms with Crippen molar-refractivity contribution in [3.8, 4) is 5.75 Å². The molecule has 0 atom stereocenters. The number of ether oxygens (including phenoxy) is 1. The Labute approximate surface area is 106 Å². The molecule has 0 aliphatic rings. The van der Waals surface area contributed by atoms with E-state index < -0.39 is 16.1 Å². The van der Waals surface area contributed by atoms with Crippen molar-refractivity contribution in [2.45, 2.75) is 18.7 Å². The standard InChI is InChI=1S/C11H16N2O4S/c1-3-13(4-2)11(14)17-9-7-5-6-8-10(9)18(12,15)16/h5-8H,3-4H2,1-2H3,(H2,12,15,16). The molecule has 1 amide bonds. The number of primary sulfonamides is 1. The average Bonchev–Trinajstić information content (AvgIpc) is 2.30. The molecule has 0 heterocycles. The number of nitrogens with two attached hydrogens (primary N) is 1. The van der Waals surface area contributed by atoms with Crippen LogP contribution in [0.3, 0.4) is 0 Å². The Hall–Kier alpha value is -1.60. The van der Waals surface area contributed by atoms with Gasteiger partial charge in [-0.2, -0.15) is 0 Å². The molecule has 100 valence electrons. The number of hydrogen-bond donors (Lipinski definition) is 1. The molecule has 0 aromatic heterocycles. The molecule has 0 aliphatic carbocycles. The Bertz CT molecular complexity index is 524. The van der Waals surface area contributed by atoms with E-state index in [4.69, 9.17) is 9.88 Å². The minimum Gasteiger partial charge on any atom is -0.409 e. The van der Waals surface area contributed by atoms with Gasteiger partial charge in [0.25, 0.3) is 0 Å². The zero-order valence-corrected chi connectivity index (χ0v) is 11.1. The number of rotatable bonds is 4. The van der Waals surface area contributed by atoms with E-state index in [2.05, 4.69) is 0 Å². The first-order valence-electron chi connectivity index (χ1n) is 5.48. The lowest BCUT2D eigenvalue weighted by Gasteiger charge is -2.18. The molecule has 6 nitrogen and oxygen atoms in total. The lowest BCUT2D eigenvalue weighted by Crippen LogP contribution is -2.33. The van der Waals surface area contributed by atoms with Crippen LogP contribution in [0, 0.1) is 0 Å². The van der Waals surface area contributed by atoms with Gasteiger partial charge in [-0.05, 0) is 26.0 Å². The van der Waals surface area contributed by atoms with Crippen LogP contribution in [0.4, 0.5) is 4.79 Å². The SMILES string of the molecule is CCN(CC)C(=O)Oc1ccccc1S(N)(=O)=O. The van der Waals surface area contributed by atoms with Gasteiger partial charge in [0, 0.05) is 13.1 Å². The molecule has 18 heavy (non-hydrogen) atoms. The van der Waals surface area contributed by atoms with Crippen LogP contribution in [0.15, 0.2) is 29.2 Å². The molecule has 0 saturated heterocycles. The van der Waals surface area contributed by atoms with E-state index in [9.17, 15) is 13.2 Å². The molecule has 0 saturated carbocycles. The molecule has 0 bridgehead atoms. The predicted molar refractivity (Wildman–Crippen MR) is 66.8 cm³/mol. The first kappa shape index (κ1) is 14.5. The van der Waals surface area contributed by atoms with Crippen LogP contribution in [0.25, 0.3) is 0 Å². The summed E-state index contributed by atoms with van der Waals surface area (Å²) >= 11 is 0. The lowest BCUT2D eigenvalue weighted by atomic mass is 10.3. The quantitative estimate of drug-likeness (QED) is 0.891. The highest BCUT2D eigenvalue weighted by molar-refractivity contribution is 7.89. The summed E-state index contributed by atoms with van der Waals surface area (Å²) in [5.74, 6) is -0.0584. The van der Waals surface area contributed by atoms with E-state index in [-0.39, 0.29) is 10.6 Å². The van der Waals surface area contributed by atoms with Crippen molar-refractivity contribution in [2.75, 3.05) is 13.1 Å². The zero-order valence-electron chi connectivity index (χ0n) is 10.3. The minimum atomic E-state index is -3.91. The molecule has 0 aliphatic heterocycles. The van der Waals surface area contributed by atoms with Crippen LogP contribution in [0.5, 0.6) is 5.75 Å². The van der Waals surface area contributed by atoms with Gasteiger partial charge in [-0.15, -0.1) is 0 Å². The number of hydrogen-bond acceptors (Lipinski definition) is 4. The average molecular weight is 272 g/mol. The van der Waals surface area contributed by atoms with Gasteiger partial charge in [0.1, 0.15) is 4.90 Å². The van der Waals surface area contributed by atoms with E-state index >= 15 is 0 Å². The third-order valence-electron chi connectivity index (χ3n) is 2.37. The molecule has 1 aromatic carbocycles. The molecule has 0 spiro atoms. The number of sulfonamides is 1. The molecule has 0 fully saturated rings. The fourth-order valence-corrected chi connectivity index (χ4v) is 2.07. The summed E-state index contributed by atoms with van der Waals surface area (Å²) in [7, 11) is -3.91. The van der Waals surface area contributed by atoms with Gasteiger partial charge >= 0.3 is 6.09 Å². The van der Waals surface area contributed by atoms with Gasteiger partial charge in [-0.3, -0.25) is 0 Å². The monoisotopic (exact) mass is 272 g/mol. The Balaban J connectivity index is 3.02. The van der Waals surface area contributed by atoms with Crippen molar-refractivity contribution in [3.05, 3.63) is 24.3 Å². The Morgan fingerprint density at radius 3 is 2.33 bits per heavy atom. The summed E-state index contributed by atoms with van der Waals surface area (Å²) in [6.07, 6.45) is -0.601. The molecule has 1 aromatic rings. The zero-order chi connectivity index (χ0) is 13.8. The van der Waals surface area contributed by atoms with E-state index in [1.165, 1.54) is 23.1 Å². The Morgan fingerprint density at radius 2 is 1.83 bits per heavy atom. The summed E-state index contributed by atoms with van der Waals surface area (Å²) in [5, 5.41) is 5.04. The van der Waals surface area contributed by atoms with Gasteiger partial charge in [0.15, 0.2) is 5.75 Å². The largest absolute Gasteiger partial charge is 0.415 e. The number of carbonyl (C=O) groups is 1. The van der Waals surface area contributed by atoms with Crippen molar-refractivity contribution in [3.63, 3.8) is 0 Å². The fourth-order valence-electron chi connectivity index (χ4n) is 1.41. The van der Waals surface area contributed by atoms with E-state index in [0.29, 0.717) is 13.1 Å². The maximum Gasteiger partial charge on any atom is 0.415 e. The number of benzene rings is 1. The second kappa shape index (κ2) is 5.83. The topological polar surface area (TPSA) is 89.7 Å². The third-order valence-corrected chi connectivity index (χ3v) is 3.32. The molecule has 7 heteroatoms. The number of para-hydroxylation sites is 1. The van der Waals surface area contributed by atoms with Gasteiger partial charge in [0.2, 0.25) is 10.0 Å². The van der Waals surface area contributed by atoms with Gasteiger partial charge in [0.05, 0.1) is 0 Å². The Morgan fingerprint density at radius 1 is 1.28 bits per heavy atom. The van der Waals surface area contributed by atoms with Crippen molar-refractivity contribution in [1.82, 2.24) is 4.90 Å². The predicted octanol–water partition coefficient (Wildman–Crippen LogP) is 1.17. The van der Waals surface area contributed by atoms with Crippen LogP contribution < -0.4 is 9.88 Å². The minimum absolute atomic E-state index is 0.0584. The summed E-state index contributed by atoms with van der Waals surface area (Å²) in [5.41, 5.74) is 0. The highest BCUT2D eigenvalue weighted by Crippen LogP contribution is 2.22. The maximum atomic E-state index is 11.7. The van der Waals surface area contributed by atoms with Crippen molar-refractivity contribution >= 4 is 16.1 Å². The van der Waals surface area contributed by atoms with E-state index in [0.717, 1.165) is 0 Å². The molecular formula is C11H16N2O4S. The summed E-state index contributed by atoms with van der Waals surface area (Å²) < 4.78 is 27.7. The van der Waals surface area contributed by atoms with Crippen LogP contribution in [-0.2, 0) is 10.0 Å². The highest BCUT2D eigenvalue weighted by atomic mass is 32.2. The van der Waals surface area contributed by atoms with Gasteiger partial charge in [-0.1, -0.05) is 12.1 Å². The Kier molecular flexibility index (Phi) is 4.69. The third kappa shape index (κ3) is 3.44. The van der Waals surface area contributed by atoms with Gasteiger partial charge < -0.3 is 9.64 Å². The first-order valence-corrected chi connectivity index (χ1v) is 7.03.